The van der Waals surface area contributed by atoms with Gasteiger partial charge in [-0.25, -0.2) is 12.7 Å². The summed E-state index contributed by atoms with van der Waals surface area (Å²) in [5, 5.41) is 1.24. The minimum atomic E-state index is -3.13. The molecule has 0 amide bonds. The topological polar surface area (TPSA) is 56.4 Å². The summed E-state index contributed by atoms with van der Waals surface area (Å²) in [5.41, 5.74) is 2.44. The highest BCUT2D eigenvalue weighted by Gasteiger charge is 2.29. The first-order valence-electron chi connectivity index (χ1n) is 8.76. The summed E-state index contributed by atoms with van der Waals surface area (Å²) in [4.78, 5) is 5.36. The molecule has 25 heavy (non-hydrogen) atoms. The van der Waals surface area contributed by atoms with Gasteiger partial charge in [0.05, 0.1) is 5.75 Å². The van der Waals surface area contributed by atoms with Gasteiger partial charge in [-0.05, 0) is 69.6 Å². The molecule has 0 unspecified atom stereocenters. The molecule has 0 saturated carbocycles. The summed E-state index contributed by atoms with van der Waals surface area (Å²) in [7, 11) is 0.811. The molecule has 0 aliphatic carbocycles. The minimum absolute atomic E-state index is 0.246. The zero-order valence-corrected chi connectivity index (χ0v) is 17.2. The quantitative estimate of drug-likeness (QED) is 0.768. The summed E-state index contributed by atoms with van der Waals surface area (Å²) in [5.74, 6) is 0.659. The fourth-order valence-corrected chi connectivity index (χ4v) is 5.47. The van der Waals surface area contributed by atoms with E-state index in [4.69, 9.17) is 0 Å². The molecule has 0 radical (unpaired) electrons. The number of aromatic nitrogens is 1. The van der Waals surface area contributed by atoms with Crippen molar-refractivity contribution in [2.75, 3.05) is 39.5 Å². The number of aromatic amines is 1. The highest BCUT2D eigenvalue weighted by Crippen LogP contribution is 2.34. The molecule has 7 heteroatoms. The molecule has 1 aliphatic heterocycles. The molecule has 3 rings (SSSR count). The van der Waals surface area contributed by atoms with Crippen LogP contribution in [0.5, 0.6) is 0 Å². The molecule has 0 atom stereocenters. The van der Waals surface area contributed by atoms with Crippen LogP contribution in [0.25, 0.3) is 10.9 Å². The Balaban J connectivity index is 1.64. The van der Waals surface area contributed by atoms with Gasteiger partial charge in [0, 0.05) is 34.7 Å². The van der Waals surface area contributed by atoms with Crippen molar-refractivity contribution < 1.29 is 8.42 Å². The third-order valence-electron chi connectivity index (χ3n) is 4.97. The van der Waals surface area contributed by atoms with Gasteiger partial charge >= 0.3 is 0 Å². The van der Waals surface area contributed by atoms with E-state index in [1.807, 2.05) is 25.1 Å². The number of nitrogens with zero attached hydrogens (tertiary/aromatic N) is 2. The first-order chi connectivity index (χ1) is 11.9. The third-order valence-corrected chi connectivity index (χ3v) is 7.42. The average Bonchev–Trinajstić information content (AvgIpc) is 2.97. The first kappa shape index (κ1) is 18.9. The monoisotopic (exact) mass is 427 g/mol. The molecule has 1 saturated heterocycles. The lowest BCUT2D eigenvalue weighted by molar-refractivity contribution is 0.319. The van der Waals surface area contributed by atoms with Crippen LogP contribution in [0.3, 0.4) is 0 Å². The number of halogens is 1. The fraction of sp³-hybridized carbons (Fsp3) is 0.556. The van der Waals surface area contributed by atoms with Crippen LogP contribution < -0.4 is 0 Å². The van der Waals surface area contributed by atoms with Gasteiger partial charge in [-0.2, -0.15) is 0 Å². The zero-order valence-electron chi connectivity index (χ0n) is 14.8. The molecule has 1 aromatic carbocycles. The van der Waals surface area contributed by atoms with Crippen LogP contribution in [0.2, 0.25) is 0 Å². The number of sulfonamides is 1. The van der Waals surface area contributed by atoms with E-state index in [1.165, 1.54) is 10.9 Å². The number of fused-ring (bicyclic) bond motifs is 1. The predicted molar refractivity (Wildman–Crippen MR) is 107 cm³/mol. The molecular formula is C18H26BrN3O2S. The Morgan fingerprint density at radius 1 is 1.28 bits per heavy atom. The zero-order chi connectivity index (χ0) is 18.0. The minimum Gasteiger partial charge on any atom is -0.361 e. The molecular weight excluding hydrogens is 402 g/mol. The summed E-state index contributed by atoms with van der Waals surface area (Å²) in [6.07, 6.45) is 4.54. The van der Waals surface area contributed by atoms with Gasteiger partial charge in [0.25, 0.3) is 0 Å². The fourth-order valence-electron chi connectivity index (χ4n) is 3.59. The van der Waals surface area contributed by atoms with Crippen LogP contribution in [0.4, 0.5) is 0 Å². The van der Waals surface area contributed by atoms with E-state index in [0.29, 0.717) is 25.4 Å². The van der Waals surface area contributed by atoms with Crippen molar-refractivity contribution in [3.05, 3.63) is 34.4 Å². The Bertz CT molecular complexity index is 824. The number of piperidine rings is 1. The number of hydrogen-bond acceptors (Lipinski definition) is 3. The summed E-state index contributed by atoms with van der Waals surface area (Å²) in [6.45, 7) is 2.05. The van der Waals surface area contributed by atoms with Crippen molar-refractivity contribution >= 4 is 36.9 Å². The number of hydrogen-bond donors (Lipinski definition) is 1. The molecule has 2 aromatic rings. The molecule has 1 aliphatic rings. The summed E-state index contributed by atoms with van der Waals surface area (Å²) in [6, 6.07) is 6.25. The second kappa shape index (κ2) is 7.78. The van der Waals surface area contributed by atoms with Gasteiger partial charge in [-0.3, -0.25) is 0 Å². The van der Waals surface area contributed by atoms with Gasteiger partial charge < -0.3 is 9.88 Å². The lowest BCUT2D eigenvalue weighted by atomic mass is 9.90. The normalized spacial score (nSPS) is 17.6. The van der Waals surface area contributed by atoms with Crippen LogP contribution in [0.1, 0.15) is 30.7 Å². The maximum atomic E-state index is 12.5. The van der Waals surface area contributed by atoms with E-state index < -0.39 is 10.0 Å². The smallest absolute Gasteiger partial charge is 0.214 e. The van der Waals surface area contributed by atoms with Crippen LogP contribution in [0.15, 0.2) is 28.9 Å². The van der Waals surface area contributed by atoms with Crippen LogP contribution in [0, 0.1) is 0 Å². The Hall–Kier alpha value is -0.890. The van der Waals surface area contributed by atoms with Gasteiger partial charge in [0.2, 0.25) is 10.0 Å². The number of H-pyrrole nitrogens is 1. The maximum absolute atomic E-state index is 12.5. The van der Waals surface area contributed by atoms with Crippen molar-refractivity contribution in [3.8, 4) is 0 Å². The lowest BCUT2D eigenvalue weighted by Crippen LogP contribution is -2.39. The van der Waals surface area contributed by atoms with Gasteiger partial charge in [0.1, 0.15) is 0 Å². The molecule has 0 spiro atoms. The van der Waals surface area contributed by atoms with E-state index >= 15 is 0 Å². The molecule has 5 nitrogen and oxygen atoms in total. The summed E-state index contributed by atoms with van der Waals surface area (Å²) < 4.78 is 27.8. The Kier molecular flexibility index (Phi) is 5.88. The number of rotatable bonds is 6. The van der Waals surface area contributed by atoms with E-state index in [0.717, 1.165) is 29.4 Å². The van der Waals surface area contributed by atoms with E-state index in [1.54, 1.807) is 4.31 Å². The summed E-state index contributed by atoms with van der Waals surface area (Å²) >= 11 is 3.54. The predicted octanol–water partition coefficient (Wildman–Crippen LogP) is 3.39. The number of nitrogens with one attached hydrogen (secondary N) is 1. The molecule has 1 aromatic heterocycles. The molecule has 1 fully saturated rings. The van der Waals surface area contributed by atoms with Crippen molar-refractivity contribution in [2.24, 2.45) is 0 Å². The Morgan fingerprint density at radius 3 is 2.68 bits per heavy atom. The Morgan fingerprint density at radius 2 is 2.00 bits per heavy atom. The third kappa shape index (κ3) is 4.45. The molecule has 138 valence electrons. The second-order valence-electron chi connectivity index (χ2n) is 7.08. The largest absolute Gasteiger partial charge is 0.361 e. The van der Waals surface area contributed by atoms with Crippen molar-refractivity contribution in [3.63, 3.8) is 0 Å². The standard InChI is InChI=1S/C18H26BrN3O2S/c1-21(2)8-3-11-25(23,24)22-9-6-14(7-10-22)17-13-20-18-5-4-15(19)12-16(17)18/h4-5,12-14,20H,3,6-11H2,1-2H3. The first-order valence-corrected chi connectivity index (χ1v) is 11.2. The van der Waals surface area contributed by atoms with Crippen LogP contribution in [-0.2, 0) is 10.0 Å². The SMILES string of the molecule is CN(C)CCCS(=O)(=O)N1CCC(c2c[nH]c3ccc(Br)cc23)CC1. The average molecular weight is 428 g/mol. The van der Waals surface area contributed by atoms with Gasteiger partial charge in [0.15, 0.2) is 0 Å². The van der Waals surface area contributed by atoms with Gasteiger partial charge in [-0.15, -0.1) is 0 Å². The lowest BCUT2D eigenvalue weighted by Gasteiger charge is -2.31. The molecule has 1 N–H and O–H groups in total. The molecule has 0 bridgehead atoms. The second-order valence-corrected chi connectivity index (χ2v) is 10.1. The number of benzene rings is 1. The maximum Gasteiger partial charge on any atom is 0.214 e. The van der Waals surface area contributed by atoms with Gasteiger partial charge in [-0.1, -0.05) is 15.9 Å². The van der Waals surface area contributed by atoms with Crippen molar-refractivity contribution in [1.82, 2.24) is 14.2 Å². The van der Waals surface area contributed by atoms with Crippen molar-refractivity contribution in [1.29, 1.82) is 0 Å². The highest BCUT2D eigenvalue weighted by molar-refractivity contribution is 9.10. The van der Waals surface area contributed by atoms with Crippen LogP contribution >= 0.6 is 15.9 Å². The van der Waals surface area contributed by atoms with E-state index in [2.05, 4.69) is 39.2 Å². The Labute approximate surface area is 158 Å². The van der Waals surface area contributed by atoms with Crippen molar-refractivity contribution in [2.45, 2.75) is 25.2 Å². The highest BCUT2D eigenvalue weighted by atomic mass is 79.9. The van der Waals surface area contributed by atoms with E-state index in [-0.39, 0.29) is 5.75 Å². The van der Waals surface area contributed by atoms with E-state index in [9.17, 15) is 8.42 Å². The van der Waals surface area contributed by atoms with Crippen LogP contribution in [-0.4, -0.2) is 62.1 Å². The molecule has 2 heterocycles.